The van der Waals surface area contributed by atoms with Crippen molar-refractivity contribution in [3.8, 4) is 10.4 Å². The molecule has 0 unspecified atom stereocenters. The van der Waals surface area contributed by atoms with Crippen LogP contribution in [0.3, 0.4) is 0 Å². The molecule has 78 valence electrons. The molecule has 1 nitrogen and oxygen atoms in total. The van der Waals surface area contributed by atoms with Crippen molar-refractivity contribution in [2.45, 2.75) is 13.5 Å². The van der Waals surface area contributed by atoms with Crippen LogP contribution in [0.15, 0.2) is 30.3 Å². The molecule has 3 heteroatoms. The summed E-state index contributed by atoms with van der Waals surface area (Å²) in [5.74, 6) is 0. The van der Waals surface area contributed by atoms with Crippen LogP contribution in [0.25, 0.3) is 10.4 Å². The lowest BCUT2D eigenvalue weighted by Crippen LogP contribution is -1.84. The molecule has 0 amide bonds. The molecule has 0 atom stereocenters. The molecule has 0 aliphatic heterocycles. The summed E-state index contributed by atoms with van der Waals surface area (Å²) >= 11 is 7.83. The van der Waals surface area contributed by atoms with Gasteiger partial charge in [0.2, 0.25) is 0 Å². The number of aliphatic hydroxyl groups is 1. The molecule has 0 aliphatic rings. The monoisotopic (exact) mass is 238 g/mol. The summed E-state index contributed by atoms with van der Waals surface area (Å²) in [5.41, 5.74) is 1.89. The quantitative estimate of drug-likeness (QED) is 0.842. The summed E-state index contributed by atoms with van der Waals surface area (Å²) in [6.07, 6.45) is 0. The average Bonchev–Trinajstić information content (AvgIpc) is 2.65. The third-order valence-electron chi connectivity index (χ3n) is 2.22. The molecule has 1 aromatic heterocycles. The first-order valence-electron chi connectivity index (χ1n) is 4.67. The number of hydrogen-bond acceptors (Lipinski definition) is 2. The second-order valence-electron chi connectivity index (χ2n) is 3.38. The molecule has 0 aliphatic carbocycles. The summed E-state index contributed by atoms with van der Waals surface area (Å²) in [6.45, 7) is 2.12. The van der Waals surface area contributed by atoms with Gasteiger partial charge in [-0.1, -0.05) is 17.7 Å². The topological polar surface area (TPSA) is 20.2 Å². The Labute approximate surface area is 98.0 Å². The fourth-order valence-corrected chi connectivity index (χ4v) is 2.61. The number of thiophene rings is 1. The molecule has 0 saturated carbocycles. The Hall–Kier alpha value is -0.830. The van der Waals surface area contributed by atoms with Gasteiger partial charge in [0, 0.05) is 20.3 Å². The number of aryl methyl sites for hydroxylation is 1. The van der Waals surface area contributed by atoms with E-state index >= 15 is 0 Å². The van der Waals surface area contributed by atoms with Crippen molar-refractivity contribution in [3.63, 3.8) is 0 Å². The first-order valence-corrected chi connectivity index (χ1v) is 5.86. The molecule has 15 heavy (non-hydrogen) atoms. The Morgan fingerprint density at radius 1 is 1.27 bits per heavy atom. The zero-order chi connectivity index (χ0) is 10.8. The zero-order valence-corrected chi connectivity index (χ0v) is 9.90. The van der Waals surface area contributed by atoms with Gasteiger partial charge in [0.05, 0.1) is 6.61 Å². The maximum absolute atomic E-state index is 9.07. The minimum atomic E-state index is 0.0501. The fourth-order valence-electron chi connectivity index (χ4n) is 1.44. The largest absolute Gasteiger partial charge is 0.392 e. The van der Waals surface area contributed by atoms with Gasteiger partial charge in [0.1, 0.15) is 0 Å². The van der Waals surface area contributed by atoms with Crippen molar-refractivity contribution in [1.82, 2.24) is 0 Å². The Balaban J connectivity index is 2.51. The first-order chi connectivity index (χ1) is 7.20. The molecule has 1 aromatic carbocycles. The van der Waals surface area contributed by atoms with Crippen molar-refractivity contribution in [2.24, 2.45) is 0 Å². The molecule has 0 radical (unpaired) electrons. The van der Waals surface area contributed by atoms with Crippen molar-refractivity contribution < 1.29 is 5.11 Å². The van der Waals surface area contributed by atoms with E-state index in [1.807, 2.05) is 18.2 Å². The summed E-state index contributed by atoms with van der Waals surface area (Å²) in [5, 5.41) is 9.80. The van der Waals surface area contributed by atoms with Gasteiger partial charge in [0.25, 0.3) is 0 Å². The molecule has 0 saturated heterocycles. The number of benzene rings is 1. The smallest absolute Gasteiger partial charge is 0.0682 e. The Morgan fingerprint density at radius 3 is 2.67 bits per heavy atom. The van der Waals surface area contributed by atoms with Gasteiger partial charge < -0.3 is 5.11 Å². The predicted octanol–water partition coefficient (Wildman–Crippen LogP) is 3.87. The van der Waals surface area contributed by atoms with Gasteiger partial charge in [-0.2, -0.15) is 0 Å². The average molecular weight is 239 g/mol. The molecule has 2 aromatic rings. The van der Waals surface area contributed by atoms with Crippen molar-refractivity contribution in [3.05, 3.63) is 45.8 Å². The van der Waals surface area contributed by atoms with Crippen LogP contribution < -0.4 is 0 Å². The summed E-state index contributed by atoms with van der Waals surface area (Å²) in [6, 6.07) is 9.74. The number of halogens is 1. The van der Waals surface area contributed by atoms with Gasteiger partial charge in [-0.05, 0) is 36.8 Å². The Bertz CT molecular complexity index is 476. The number of hydrogen-bond donors (Lipinski definition) is 1. The van der Waals surface area contributed by atoms with Gasteiger partial charge >= 0.3 is 0 Å². The van der Waals surface area contributed by atoms with Gasteiger partial charge in [-0.25, -0.2) is 0 Å². The lowest BCUT2D eigenvalue weighted by Gasteiger charge is -2.03. The maximum atomic E-state index is 9.07. The van der Waals surface area contributed by atoms with Crippen molar-refractivity contribution in [1.29, 1.82) is 0 Å². The standard InChI is InChI=1S/C12H11ClOS/c1-8-2-5-12(15-8)10-6-9(7-14)3-4-11(10)13/h2-6,14H,7H2,1H3. The number of aliphatic hydroxyl groups excluding tert-OH is 1. The summed E-state index contributed by atoms with van der Waals surface area (Å²) in [7, 11) is 0. The van der Waals surface area contributed by atoms with E-state index in [1.54, 1.807) is 11.3 Å². The van der Waals surface area contributed by atoms with E-state index in [-0.39, 0.29) is 6.61 Å². The molecule has 0 spiro atoms. The minimum Gasteiger partial charge on any atom is -0.392 e. The van der Waals surface area contributed by atoms with Gasteiger partial charge in [-0.15, -0.1) is 11.3 Å². The second kappa shape index (κ2) is 4.35. The highest BCUT2D eigenvalue weighted by atomic mass is 35.5. The Morgan fingerprint density at radius 2 is 2.07 bits per heavy atom. The van der Waals surface area contributed by atoms with Crippen LogP contribution in [0.5, 0.6) is 0 Å². The highest BCUT2D eigenvalue weighted by molar-refractivity contribution is 7.15. The van der Waals surface area contributed by atoms with E-state index in [1.165, 1.54) is 4.88 Å². The fraction of sp³-hybridized carbons (Fsp3) is 0.167. The molecule has 1 N–H and O–H groups in total. The zero-order valence-electron chi connectivity index (χ0n) is 8.33. The van der Waals surface area contributed by atoms with Crippen LogP contribution >= 0.6 is 22.9 Å². The van der Waals surface area contributed by atoms with Crippen LogP contribution in [-0.2, 0) is 6.61 Å². The number of rotatable bonds is 2. The first kappa shape index (κ1) is 10.7. The van der Waals surface area contributed by atoms with E-state index in [2.05, 4.69) is 19.1 Å². The van der Waals surface area contributed by atoms with Crippen LogP contribution in [-0.4, -0.2) is 5.11 Å². The molecular formula is C12H11ClOS. The second-order valence-corrected chi connectivity index (χ2v) is 5.08. The van der Waals surface area contributed by atoms with E-state index in [0.29, 0.717) is 0 Å². The van der Waals surface area contributed by atoms with Crippen molar-refractivity contribution in [2.75, 3.05) is 0 Å². The summed E-state index contributed by atoms with van der Waals surface area (Å²) in [4.78, 5) is 2.41. The third-order valence-corrected chi connectivity index (χ3v) is 3.58. The lowest BCUT2D eigenvalue weighted by atomic mass is 10.1. The van der Waals surface area contributed by atoms with Crippen LogP contribution in [0, 0.1) is 6.92 Å². The minimum absolute atomic E-state index is 0.0501. The van der Waals surface area contributed by atoms with Crippen molar-refractivity contribution >= 4 is 22.9 Å². The molecule has 0 fully saturated rings. The molecular weight excluding hydrogens is 228 g/mol. The normalized spacial score (nSPS) is 10.6. The molecule has 0 bridgehead atoms. The highest BCUT2D eigenvalue weighted by Crippen LogP contribution is 2.33. The van der Waals surface area contributed by atoms with Gasteiger partial charge in [-0.3, -0.25) is 0 Å². The summed E-state index contributed by atoms with van der Waals surface area (Å²) < 4.78 is 0. The lowest BCUT2D eigenvalue weighted by molar-refractivity contribution is 0.282. The van der Waals surface area contributed by atoms with E-state index < -0.39 is 0 Å². The van der Waals surface area contributed by atoms with E-state index in [0.717, 1.165) is 21.0 Å². The maximum Gasteiger partial charge on any atom is 0.0682 e. The third kappa shape index (κ3) is 2.23. The van der Waals surface area contributed by atoms with Crippen LogP contribution in [0.4, 0.5) is 0 Å². The van der Waals surface area contributed by atoms with Crippen LogP contribution in [0.1, 0.15) is 10.4 Å². The van der Waals surface area contributed by atoms with E-state index in [9.17, 15) is 0 Å². The highest BCUT2D eigenvalue weighted by Gasteiger charge is 2.06. The van der Waals surface area contributed by atoms with Crippen LogP contribution in [0.2, 0.25) is 5.02 Å². The molecule has 2 rings (SSSR count). The predicted molar refractivity (Wildman–Crippen MR) is 65.4 cm³/mol. The van der Waals surface area contributed by atoms with Gasteiger partial charge in [0.15, 0.2) is 0 Å². The molecule has 1 heterocycles. The Kier molecular flexibility index (Phi) is 3.10. The van der Waals surface area contributed by atoms with E-state index in [4.69, 9.17) is 16.7 Å². The SMILES string of the molecule is Cc1ccc(-c2cc(CO)ccc2Cl)s1.